The van der Waals surface area contributed by atoms with E-state index < -0.39 is 29.1 Å². The molecule has 0 N–H and O–H groups in total. The molecule has 5 nitrogen and oxygen atoms in total. The minimum atomic E-state index is -4.56. The molecule has 3 aromatic carbocycles. The summed E-state index contributed by atoms with van der Waals surface area (Å²) in [5.74, 6) is -1.67. The van der Waals surface area contributed by atoms with E-state index >= 15 is 0 Å². The summed E-state index contributed by atoms with van der Waals surface area (Å²) in [5.41, 5.74) is -0.0675. The maximum absolute atomic E-state index is 14.6. The van der Waals surface area contributed by atoms with E-state index in [1.165, 1.54) is 73.1 Å². The number of ether oxygens (including phenoxy) is 2. The Bertz CT molecular complexity index is 1460. The van der Waals surface area contributed by atoms with Crippen molar-refractivity contribution >= 4 is 0 Å². The van der Waals surface area contributed by atoms with Gasteiger partial charge in [0.1, 0.15) is 18.2 Å². The predicted molar refractivity (Wildman–Crippen MR) is 122 cm³/mol. The van der Waals surface area contributed by atoms with Gasteiger partial charge in [0.2, 0.25) is 5.88 Å². The van der Waals surface area contributed by atoms with E-state index in [2.05, 4.69) is 4.98 Å². The van der Waals surface area contributed by atoms with Crippen LogP contribution in [-0.2, 0) is 19.8 Å². The molecule has 10 heteroatoms. The highest BCUT2D eigenvalue weighted by atomic mass is 19.4. The number of benzene rings is 3. The van der Waals surface area contributed by atoms with E-state index in [-0.39, 0.29) is 29.5 Å². The topological polar surface area (TPSA) is 53.4 Å². The van der Waals surface area contributed by atoms with Crippen LogP contribution in [0.3, 0.4) is 0 Å². The fourth-order valence-electron chi connectivity index (χ4n) is 3.46. The largest absolute Gasteiger partial charge is 0.473 e. The van der Waals surface area contributed by atoms with Crippen LogP contribution in [0.4, 0.5) is 22.0 Å². The molecule has 0 aliphatic heterocycles. The number of nitrogens with zero attached hydrogens (tertiary/aromatic N) is 2. The monoisotopic (exact) mass is 502 g/mol. The van der Waals surface area contributed by atoms with Gasteiger partial charge in [0.15, 0.2) is 11.6 Å². The Labute approximate surface area is 202 Å². The van der Waals surface area contributed by atoms with Gasteiger partial charge in [-0.1, -0.05) is 12.1 Å². The first-order chi connectivity index (χ1) is 17.0. The summed E-state index contributed by atoms with van der Waals surface area (Å²) in [4.78, 5) is 16.1. The van der Waals surface area contributed by atoms with E-state index in [0.29, 0.717) is 16.8 Å². The normalized spacial score (nSPS) is 11.4. The van der Waals surface area contributed by atoms with Crippen LogP contribution in [0.1, 0.15) is 16.7 Å². The van der Waals surface area contributed by atoms with Gasteiger partial charge >= 0.3 is 11.9 Å². The average Bonchev–Trinajstić information content (AvgIpc) is 2.82. The van der Waals surface area contributed by atoms with Gasteiger partial charge in [-0.3, -0.25) is 4.57 Å². The lowest BCUT2D eigenvalue weighted by Crippen LogP contribution is -2.22. The first-order valence-corrected chi connectivity index (χ1v) is 10.6. The van der Waals surface area contributed by atoms with Crippen molar-refractivity contribution in [2.24, 2.45) is 7.05 Å². The number of hydrogen-bond donors (Lipinski definition) is 0. The van der Waals surface area contributed by atoms with Crippen LogP contribution in [0.2, 0.25) is 0 Å². The highest BCUT2D eigenvalue weighted by molar-refractivity contribution is 5.60. The van der Waals surface area contributed by atoms with Crippen molar-refractivity contribution in [2.45, 2.75) is 19.7 Å². The maximum Gasteiger partial charge on any atom is 0.416 e. The summed E-state index contributed by atoms with van der Waals surface area (Å²) in [6.07, 6.45) is -4.56. The van der Waals surface area contributed by atoms with Gasteiger partial charge in [0.05, 0.1) is 11.3 Å². The summed E-state index contributed by atoms with van der Waals surface area (Å²) in [6, 6.07) is 14.3. The Hall–Kier alpha value is -4.21. The van der Waals surface area contributed by atoms with Crippen LogP contribution in [0.5, 0.6) is 17.4 Å². The second-order valence-electron chi connectivity index (χ2n) is 7.96. The Balaban J connectivity index is 1.50. The van der Waals surface area contributed by atoms with Crippen molar-refractivity contribution < 1.29 is 31.4 Å². The molecule has 186 valence electrons. The van der Waals surface area contributed by atoms with Crippen molar-refractivity contribution in [3.63, 3.8) is 0 Å². The molecule has 0 aliphatic carbocycles. The molecule has 0 spiro atoms. The third-order valence-corrected chi connectivity index (χ3v) is 5.38. The van der Waals surface area contributed by atoms with Crippen molar-refractivity contribution in [2.75, 3.05) is 0 Å². The number of rotatable bonds is 6. The molecule has 0 radical (unpaired) electrons. The van der Waals surface area contributed by atoms with Crippen molar-refractivity contribution in [3.8, 4) is 28.6 Å². The second-order valence-corrected chi connectivity index (χ2v) is 7.96. The zero-order valence-electron chi connectivity index (χ0n) is 19.1. The average molecular weight is 502 g/mol. The maximum atomic E-state index is 14.6. The van der Waals surface area contributed by atoms with Crippen molar-refractivity contribution in [3.05, 3.63) is 106 Å². The zero-order chi connectivity index (χ0) is 26.0. The molecule has 0 unspecified atom stereocenters. The fourth-order valence-corrected chi connectivity index (χ4v) is 3.46. The quantitative estimate of drug-likeness (QED) is 0.286. The van der Waals surface area contributed by atoms with Crippen LogP contribution in [0.15, 0.2) is 71.5 Å². The van der Waals surface area contributed by atoms with E-state index in [0.717, 1.165) is 12.1 Å². The summed E-state index contributed by atoms with van der Waals surface area (Å²) < 4.78 is 79.4. The Kier molecular flexibility index (Phi) is 6.78. The molecule has 0 saturated heterocycles. The lowest BCUT2D eigenvalue weighted by Gasteiger charge is -2.14. The van der Waals surface area contributed by atoms with E-state index in [1.807, 2.05) is 0 Å². The fraction of sp³-hybridized carbons (Fsp3) is 0.154. The molecule has 0 aliphatic rings. The lowest BCUT2D eigenvalue weighted by atomic mass is 10.1. The molecule has 1 aromatic heterocycles. The number of halogens is 5. The molecular formula is C26H19F5N2O3. The molecule has 0 fully saturated rings. The van der Waals surface area contributed by atoms with Gasteiger partial charge in [-0.05, 0) is 72.1 Å². The summed E-state index contributed by atoms with van der Waals surface area (Å²) in [7, 11) is 1.51. The SMILES string of the molecule is Cc1ccc(Oc2ccc(COc3cc(-c4ccc(F)cc4)n(C)c(=O)n3)cc2F)cc1C(F)(F)F. The van der Waals surface area contributed by atoms with Crippen LogP contribution in [0, 0.1) is 18.6 Å². The van der Waals surface area contributed by atoms with Crippen molar-refractivity contribution in [1.29, 1.82) is 0 Å². The first kappa shape index (κ1) is 24.9. The molecule has 4 aromatic rings. The molecule has 4 rings (SSSR count). The molecule has 0 saturated carbocycles. The predicted octanol–water partition coefficient (Wildman–Crippen LogP) is 6.42. The van der Waals surface area contributed by atoms with Gasteiger partial charge in [-0.2, -0.15) is 18.2 Å². The summed E-state index contributed by atoms with van der Waals surface area (Å²) >= 11 is 0. The van der Waals surface area contributed by atoms with E-state index in [1.54, 1.807) is 0 Å². The second kappa shape index (κ2) is 9.80. The molecule has 0 atom stereocenters. The minimum Gasteiger partial charge on any atom is -0.473 e. The Morgan fingerprint density at radius 1 is 0.944 bits per heavy atom. The number of aromatic nitrogens is 2. The number of aryl methyl sites for hydroxylation is 1. The van der Waals surface area contributed by atoms with Gasteiger partial charge in [-0.25, -0.2) is 13.6 Å². The highest BCUT2D eigenvalue weighted by Crippen LogP contribution is 2.35. The van der Waals surface area contributed by atoms with Crippen molar-refractivity contribution in [1.82, 2.24) is 9.55 Å². The van der Waals surface area contributed by atoms with Crippen LogP contribution < -0.4 is 15.2 Å². The third-order valence-electron chi connectivity index (χ3n) is 5.38. The molecular weight excluding hydrogens is 483 g/mol. The van der Waals surface area contributed by atoms with E-state index in [4.69, 9.17) is 9.47 Å². The van der Waals surface area contributed by atoms with Gasteiger partial charge in [0, 0.05) is 13.1 Å². The summed E-state index contributed by atoms with van der Waals surface area (Å²) in [5, 5.41) is 0. The smallest absolute Gasteiger partial charge is 0.416 e. The highest BCUT2D eigenvalue weighted by Gasteiger charge is 2.32. The molecule has 36 heavy (non-hydrogen) atoms. The molecule has 1 heterocycles. The Morgan fingerprint density at radius 3 is 2.33 bits per heavy atom. The van der Waals surface area contributed by atoms with E-state index in [9.17, 15) is 26.7 Å². The molecule has 0 bridgehead atoms. The standard InChI is InChI=1S/C26H19F5N2O3/c1-15-3-9-19(12-20(15)26(29,30)31)36-23-10-4-16(11-21(23)28)14-35-24-13-22(33(2)25(34)32-24)17-5-7-18(27)8-6-17/h3-13H,14H2,1-2H3. The third kappa shape index (κ3) is 5.54. The van der Waals surface area contributed by atoms with Gasteiger partial charge in [-0.15, -0.1) is 0 Å². The van der Waals surface area contributed by atoms with Gasteiger partial charge < -0.3 is 9.47 Å². The number of hydrogen-bond acceptors (Lipinski definition) is 4. The van der Waals surface area contributed by atoms with Crippen LogP contribution in [-0.4, -0.2) is 9.55 Å². The minimum absolute atomic E-state index is 0.0162. The zero-order valence-corrected chi connectivity index (χ0v) is 19.1. The first-order valence-electron chi connectivity index (χ1n) is 10.6. The Morgan fingerprint density at radius 2 is 1.67 bits per heavy atom. The van der Waals surface area contributed by atoms with Crippen LogP contribution in [0.25, 0.3) is 11.3 Å². The van der Waals surface area contributed by atoms with Crippen LogP contribution >= 0.6 is 0 Å². The molecule has 0 amide bonds. The summed E-state index contributed by atoms with van der Waals surface area (Å²) in [6.45, 7) is 1.17. The number of alkyl halides is 3. The van der Waals surface area contributed by atoms with Gasteiger partial charge in [0.25, 0.3) is 0 Å². The lowest BCUT2D eigenvalue weighted by molar-refractivity contribution is -0.138.